The summed E-state index contributed by atoms with van der Waals surface area (Å²) in [6, 6.07) is 11.2. The third-order valence-corrected chi connectivity index (χ3v) is 6.38. The molecule has 152 valence electrons. The molecule has 0 aromatic heterocycles. The molecule has 2 N–H and O–H groups in total. The minimum atomic E-state index is -3.94. The zero-order valence-electron chi connectivity index (χ0n) is 16.8. The zero-order valence-corrected chi connectivity index (χ0v) is 18.4. The van der Waals surface area contributed by atoms with Crippen LogP contribution in [0.4, 0.5) is 5.69 Å². The van der Waals surface area contributed by atoms with Crippen molar-refractivity contribution in [1.82, 2.24) is 5.32 Å². The van der Waals surface area contributed by atoms with Crippen molar-refractivity contribution in [2.75, 3.05) is 4.72 Å². The Kier molecular flexibility index (Phi) is 7.12. The highest BCUT2D eigenvalue weighted by atomic mass is 35.5. The number of halogens is 1. The van der Waals surface area contributed by atoms with E-state index < -0.39 is 10.0 Å². The molecule has 0 radical (unpaired) electrons. The molecule has 0 spiro atoms. The summed E-state index contributed by atoms with van der Waals surface area (Å²) in [6.07, 6.45) is 0. The number of carbonyl (C=O) groups excluding carboxylic acids is 1. The first-order chi connectivity index (χ1) is 13.0. The molecule has 1 amide bonds. The Labute approximate surface area is 172 Å². The van der Waals surface area contributed by atoms with Crippen LogP contribution in [-0.4, -0.2) is 20.4 Å². The van der Waals surface area contributed by atoms with Crippen LogP contribution in [0.5, 0.6) is 0 Å². The highest BCUT2D eigenvalue weighted by molar-refractivity contribution is 7.92. The SMILES string of the molecule is Cc1ccc(NS(=O)(=O)c2cc(C(=O)NC(C(C)C)C(C)C)ccc2Cl)cc1. The van der Waals surface area contributed by atoms with Gasteiger partial charge in [0.15, 0.2) is 0 Å². The lowest BCUT2D eigenvalue weighted by Gasteiger charge is -2.26. The topological polar surface area (TPSA) is 75.3 Å². The normalized spacial score (nSPS) is 11.9. The molecule has 2 aromatic rings. The highest BCUT2D eigenvalue weighted by Gasteiger charge is 2.23. The molecule has 0 bridgehead atoms. The van der Waals surface area contributed by atoms with Gasteiger partial charge in [-0.3, -0.25) is 9.52 Å². The van der Waals surface area contributed by atoms with Crippen LogP contribution in [0.2, 0.25) is 5.02 Å². The maximum absolute atomic E-state index is 12.8. The van der Waals surface area contributed by atoms with E-state index in [9.17, 15) is 13.2 Å². The van der Waals surface area contributed by atoms with Gasteiger partial charge in [-0.15, -0.1) is 0 Å². The van der Waals surface area contributed by atoms with Gasteiger partial charge in [-0.2, -0.15) is 0 Å². The molecule has 0 heterocycles. The number of nitrogens with one attached hydrogen (secondary N) is 2. The lowest BCUT2D eigenvalue weighted by molar-refractivity contribution is 0.0910. The van der Waals surface area contributed by atoms with E-state index in [0.29, 0.717) is 5.69 Å². The van der Waals surface area contributed by atoms with Gasteiger partial charge in [0.25, 0.3) is 15.9 Å². The van der Waals surface area contributed by atoms with Crippen LogP contribution in [0.25, 0.3) is 0 Å². The van der Waals surface area contributed by atoms with E-state index in [1.165, 1.54) is 18.2 Å². The van der Waals surface area contributed by atoms with E-state index in [-0.39, 0.29) is 39.3 Å². The molecule has 0 aliphatic heterocycles. The van der Waals surface area contributed by atoms with Crippen molar-refractivity contribution >= 4 is 33.2 Å². The summed E-state index contributed by atoms with van der Waals surface area (Å²) >= 11 is 6.13. The molecule has 5 nitrogen and oxygen atoms in total. The fraction of sp³-hybridized carbons (Fsp3) is 0.381. The van der Waals surface area contributed by atoms with Crippen molar-refractivity contribution in [1.29, 1.82) is 0 Å². The molecule has 0 fully saturated rings. The molecule has 0 saturated carbocycles. The maximum Gasteiger partial charge on any atom is 0.263 e. The Morgan fingerprint density at radius 1 is 0.964 bits per heavy atom. The zero-order chi connectivity index (χ0) is 21.1. The van der Waals surface area contributed by atoms with Crippen molar-refractivity contribution in [2.24, 2.45) is 11.8 Å². The molecule has 0 unspecified atom stereocenters. The van der Waals surface area contributed by atoms with Crippen molar-refractivity contribution in [3.8, 4) is 0 Å². The van der Waals surface area contributed by atoms with Crippen LogP contribution in [0.15, 0.2) is 47.4 Å². The number of amides is 1. The molecule has 7 heteroatoms. The molecule has 0 aliphatic carbocycles. The molecule has 2 aromatic carbocycles. The Hall–Kier alpha value is -2.05. The van der Waals surface area contributed by atoms with Crippen molar-refractivity contribution in [2.45, 2.75) is 45.6 Å². The van der Waals surface area contributed by atoms with E-state index in [0.717, 1.165) is 5.56 Å². The highest BCUT2D eigenvalue weighted by Crippen LogP contribution is 2.25. The minimum Gasteiger partial charge on any atom is -0.349 e. The van der Waals surface area contributed by atoms with Gasteiger partial charge in [0.2, 0.25) is 0 Å². The standard InChI is InChI=1S/C21H27ClN2O3S/c1-13(2)20(14(3)4)23-21(25)16-8-11-18(22)19(12-16)28(26,27)24-17-9-6-15(5)7-10-17/h6-14,20,24H,1-5H3,(H,23,25). The van der Waals surface area contributed by atoms with Gasteiger partial charge in [-0.25, -0.2) is 8.42 Å². The van der Waals surface area contributed by atoms with Gasteiger partial charge in [0, 0.05) is 17.3 Å². The predicted molar refractivity (Wildman–Crippen MR) is 114 cm³/mol. The van der Waals surface area contributed by atoms with Crippen LogP contribution < -0.4 is 10.0 Å². The average Bonchev–Trinajstić information content (AvgIpc) is 2.60. The predicted octanol–water partition coefficient (Wildman–Crippen LogP) is 4.86. The number of benzene rings is 2. The molecule has 0 saturated heterocycles. The van der Waals surface area contributed by atoms with E-state index in [1.807, 2.05) is 34.6 Å². The second-order valence-corrected chi connectivity index (χ2v) is 9.66. The lowest BCUT2D eigenvalue weighted by Crippen LogP contribution is -2.42. The molecule has 28 heavy (non-hydrogen) atoms. The smallest absolute Gasteiger partial charge is 0.263 e. The quantitative estimate of drug-likeness (QED) is 0.669. The number of hydrogen-bond acceptors (Lipinski definition) is 3. The van der Waals surface area contributed by atoms with Crippen molar-refractivity contribution < 1.29 is 13.2 Å². The summed E-state index contributed by atoms with van der Waals surface area (Å²) in [4.78, 5) is 12.5. The summed E-state index contributed by atoms with van der Waals surface area (Å²) in [7, 11) is -3.94. The molecular weight excluding hydrogens is 396 g/mol. The van der Waals surface area contributed by atoms with Crippen LogP contribution in [0, 0.1) is 18.8 Å². The van der Waals surface area contributed by atoms with Gasteiger partial charge in [-0.05, 0) is 49.1 Å². The lowest BCUT2D eigenvalue weighted by atomic mass is 9.93. The largest absolute Gasteiger partial charge is 0.349 e. The fourth-order valence-electron chi connectivity index (χ4n) is 3.02. The first-order valence-electron chi connectivity index (χ1n) is 9.21. The van der Waals surface area contributed by atoms with Gasteiger partial charge >= 0.3 is 0 Å². The Balaban J connectivity index is 2.31. The summed E-state index contributed by atoms with van der Waals surface area (Å²) in [5.41, 5.74) is 1.70. The number of sulfonamides is 1. The van der Waals surface area contributed by atoms with Gasteiger partial charge < -0.3 is 5.32 Å². The number of rotatable bonds is 7. The van der Waals surface area contributed by atoms with Gasteiger partial charge in [0.05, 0.1) is 5.02 Å². The van der Waals surface area contributed by atoms with Crippen LogP contribution in [0.3, 0.4) is 0 Å². The number of anilines is 1. The van der Waals surface area contributed by atoms with Gasteiger partial charge in [0.1, 0.15) is 4.90 Å². The monoisotopic (exact) mass is 422 g/mol. The first kappa shape index (κ1) is 22.2. The third kappa shape index (κ3) is 5.49. The summed E-state index contributed by atoms with van der Waals surface area (Å²) in [5.74, 6) is 0.182. The van der Waals surface area contributed by atoms with Crippen LogP contribution in [0.1, 0.15) is 43.6 Å². The average molecular weight is 423 g/mol. The first-order valence-corrected chi connectivity index (χ1v) is 11.1. The van der Waals surface area contributed by atoms with Gasteiger partial charge in [-0.1, -0.05) is 57.0 Å². The molecule has 2 rings (SSSR count). The van der Waals surface area contributed by atoms with Crippen molar-refractivity contribution in [3.05, 3.63) is 58.6 Å². The Bertz CT molecular complexity index is 931. The van der Waals surface area contributed by atoms with Crippen LogP contribution in [-0.2, 0) is 10.0 Å². The maximum atomic E-state index is 12.8. The number of hydrogen-bond donors (Lipinski definition) is 2. The number of aryl methyl sites for hydroxylation is 1. The van der Waals surface area contributed by atoms with E-state index in [1.54, 1.807) is 24.3 Å². The second kappa shape index (κ2) is 8.97. The summed E-state index contributed by atoms with van der Waals surface area (Å²) in [6.45, 7) is 10.1. The second-order valence-electron chi connectivity index (χ2n) is 7.60. The molecule has 0 atom stereocenters. The van der Waals surface area contributed by atoms with E-state index >= 15 is 0 Å². The molecular formula is C21H27ClN2O3S. The molecule has 0 aliphatic rings. The fourth-order valence-corrected chi connectivity index (χ4v) is 4.61. The van der Waals surface area contributed by atoms with E-state index in [2.05, 4.69) is 10.0 Å². The third-order valence-electron chi connectivity index (χ3n) is 4.52. The summed E-state index contributed by atoms with van der Waals surface area (Å²) in [5, 5.41) is 3.04. The Morgan fingerprint density at radius 3 is 2.07 bits per heavy atom. The Morgan fingerprint density at radius 2 is 1.54 bits per heavy atom. The van der Waals surface area contributed by atoms with Crippen molar-refractivity contribution in [3.63, 3.8) is 0 Å². The minimum absolute atomic E-state index is 0.0195. The van der Waals surface area contributed by atoms with Crippen LogP contribution >= 0.6 is 11.6 Å². The van der Waals surface area contributed by atoms with E-state index in [4.69, 9.17) is 11.6 Å². The summed E-state index contributed by atoms with van der Waals surface area (Å²) < 4.78 is 28.1. The number of carbonyl (C=O) groups is 1.